The Labute approximate surface area is 144 Å². The van der Waals surface area contributed by atoms with E-state index in [1.54, 1.807) is 19.4 Å². The van der Waals surface area contributed by atoms with Crippen LogP contribution in [0.15, 0.2) is 52.0 Å². The molecule has 0 saturated carbocycles. The largest absolute Gasteiger partial charge is 0.496 e. The molecule has 120 valence electrons. The highest BCUT2D eigenvalue weighted by molar-refractivity contribution is 9.10. The first kappa shape index (κ1) is 17.0. The van der Waals surface area contributed by atoms with E-state index in [2.05, 4.69) is 26.5 Å². The van der Waals surface area contributed by atoms with Crippen LogP contribution >= 0.6 is 15.9 Å². The van der Waals surface area contributed by atoms with Crippen molar-refractivity contribution in [2.75, 3.05) is 26.1 Å². The molecule has 6 heteroatoms. The van der Waals surface area contributed by atoms with Crippen LogP contribution in [0.4, 0.5) is 5.69 Å². The van der Waals surface area contributed by atoms with Crippen LogP contribution < -0.4 is 15.1 Å². The fourth-order valence-corrected chi connectivity index (χ4v) is 2.46. The number of hydrogen-bond donors (Lipinski definition) is 1. The van der Waals surface area contributed by atoms with Crippen molar-refractivity contribution >= 4 is 33.7 Å². The summed E-state index contributed by atoms with van der Waals surface area (Å²) in [6, 6.07) is 12.9. The Morgan fingerprint density at radius 1 is 1.26 bits per heavy atom. The summed E-state index contributed by atoms with van der Waals surface area (Å²) in [6.07, 6.45) is 1.56. The van der Waals surface area contributed by atoms with Gasteiger partial charge in [-0.25, -0.2) is 5.43 Å². The summed E-state index contributed by atoms with van der Waals surface area (Å²) in [6.45, 7) is 0. The summed E-state index contributed by atoms with van der Waals surface area (Å²) < 4.78 is 6.17. The molecule has 0 aromatic heterocycles. The molecule has 0 aliphatic rings. The Balaban J connectivity index is 2.15. The van der Waals surface area contributed by atoms with Crippen molar-refractivity contribution in [3.63, 3.8) is 0 Å². The number of anilines is 1. The van der Waals surface area contributed by atoms with Gasteiger partial charge in [0.2, 0.25) is 0 Å². The van der Waals surface area contributed by atoms with Crippen LogP contribution in [0.2, 0.25) is 0 Å². The van der Waals surface area contributed by atoms with Gasteiger partial charge in [-0.2, -0.15) is 5.10 Å². The van der Waals surface area contributed by atoms with Crippen LogP contribution in [0.1, 0.15) is 15.9 Å². The Hall–Kier alpha value is -2.34. The van der Waals surface area contributed by atoms with Crippen LogP contribution in [0.3, 0.4) is 0 Å². The van der Waals surface area contributed by atoms with E-state index in [1.807, 2.05) is 55.4 Å². The minimum atomic E-state index is -0.264. The highest BCUT2D eigenvalue weighted by Crippen LogP contribution is 2.21. The number of ether oxygens (including phenoxy) is 1. The minimum Gasteiger partial charge on any atom is -0.496 e. The van der Waals surface area contributed by atoms with E-state index in [0.29, 0.717) is 11.3 Å². The molecule has 0 bridgehead atoms. The van der Waals surface area contributed by atoms with Crippen molar-refractivity contribution in [2.45, 2.75) is 0 Å². The molecule has 2 aromatic carbocycles. The zero-order valence-corrected chi connectivity index (χ0v) is 14.8. The Bertz CT molecular complexity index is 730. The second-order valence-electron chi connectivity index (χ2n) is 5.00. The lowest BCUT2D eigenvalue weighted by Gasteiger charge is -2.15. The van der Waals surface area contributed by atoms with Gasteiger partial charge in [-0.15, -0.1) is 0 Å². The molecule has 0 fully saturated rings. The topological polar surface area (TPSA) is 53.9 Å². The number of nitrogens with one attached hydrogen (secondary N) is 1. The van der Waals surface area contributed by atoms with Gasteiger partial charge in [0.05, 0.1) is 18.9 Å². The smallest absolute Gasteiger partial charge is 0.273 e. The molecule has 0 aliphatic heterocycles. The molecular formula is C17H18BrN3O2. The third-order valence-electron chi connectivity index (χ3n) is 3.19. The van der Waals surface area contributed by atoms with Gasteiger partial charge in [0, 0.05) is 29.8 Å². The molecule has 2 aromatic rings. The quantitative estimate of drug-likeness (QED) is 0.644. The average Bonchev–Trinajstić information content (AvgIpc) is 2.55. The molecule has 0 saturated heterocycles. The second kappa shape index (κ2) is 7.78. The SMILES string of the molecule is COc1ccc(Br)cc1/C=N\NC(=O)c1ccccc1N(C)C. The maximum absolute atomic E-state index is 12.3. The van der Waals surface area contributed by atoms with E-state index < -0.39 is 0 Å². The van der Waals surface area contributed by atoms with Gasteiger partial charge in [0.25, 0.3) is 5.91 Å². The van der Waals surface area contributed by atoms with Crippen molar-refractivity contribution in [3.05, 3.63) is 58.1 Å². The van der Waals surface area contributed by atoms with Gasteiger partial charge in [-0.1, -0.05) is 28.1 Å². The summed E-state index contributed by atoms with van der Waals surface area (Å²) in [7, 11) is 5.37. The fraction of sp³-hybridized carbons (Fsp3) is 0.176. The lowest BCUT2D eigenvalue weighted by molar-refractivity contribution is 0.0955. The first-order chi connectivity index (χ1) is 11.0. The number of para-hydroxylation sites is 1. The zero-order valence-electron chi connectivity index (χ0n) is 13.2. The van der Waals surface area contributed by atoms with E-state index >= 15 is 0 Å². The zero-order chi connectivity index (χ0) is 16.8. The standard InChI is InChI=1S/C17H18BrN3O2/c1-21(2)15-7-5-4-6-14(15)17(22)20-19-11-12-10-13(18)8-9-16(12)23-3/h4-11H,1-3H3,(H,20,22)/b19-11-. The Morgan fingerprint density at radius 3 is 2.70 bits per heavy atom. The lowest BCUT2D eigenvalue weighted by Crippen LogP contribution is -2.21. The molecule has 23 heavy (non-hydrogen) atoms. The molecule has 0 unspecified atom stereocenters. The number of hydrogen-bond acceptors (Lipinski definition) is 4. The molecule has 5 nitrogen and oxygen atoms in total. The van der Waals surface area contributed by atoms with Gasteiger partial charge >= 0.3 is 0 Å². The van der Waals surface area contributed by atoms with Crippen LogP contribution in [-0.4, -0.2) is 33.3 Å². The van der Waals surface area contributed by atoms with Crippen molar-refractivity contribution in [3.8, 4) is 5.75 Å². The normalized spacial score (nSPS) is 10.6. The monoisotopic (exact) mass is 375 g/mol. The third-order valence-corrected chi connectivity index (χ3v) is 3.69. The summed E-state index contributed by atoms with van der Waals surface area (Å²) in [5.41, 5.74) is 4.71. The minimum absolute atomic E-state index is 0.264. The van der Waals surface area contributed by atoms with Crippen LogP contribution in [-0.2, 0) is 0 Å². The van der Waals surface area contributed by atoms with Crippen molar-refractivity contribution in [1.29, 1.82) is 0 Å². The van der Waals surface area contributed by atoms with E-state index in [1.165, 1.54) is 0 Å². The van der Waals surface area contributed by atoms with Gasteiger partial charge in [-0.05, 0) is 30.3 Å². The van der Waals surface area contributed by atoms with Crippen LogP contribution in [0.5, 0.6) is 5.75 Å². The van der Waals surface area contributed by atoms with Crippen molar-refractivity contribution in [2.24, 2.45) is 5.10 Å². The van der Waals surface area contributed by atoms with E-state index in [-0.39, 0.29) is 5.91 Å². The summed E-state index contributed by atoms with van der Waals surface area (Å²) in [5, 5.41) is 4.02. The Kier molecular flexibility index (Phi) is 5.76. The first-order valence-corrected chi connectivity index (χ1v) is 7.75. The molecule has 0 spiro atoms. The van der Waals surface area contributed by atoms with Crippen LogP contribution in [0, 0.1) is 0 Å². The number of carbonyl (C=O) groups is 1. The van der Waals surface area contributed by atoms with E-state index in [9.17, 15) is 4.79 Å². The summed E-state index contributed by atoms with van der Waals surface area (Å²) in [5.74, 6) is 0.416. The maximum Gasteiger partial charge on any atom is 0.273 e. The van der Waals surface area contributed by atoms with Gasteiger partial charge in [-0.3, -0.25) is 4.79 Å². The predicted octanol–water partition coefficient (Wildman–Crippen LogP) is 3.29. The second-order valence-corrected chi connectivity index (χ2v) is 5.91. The van der Waals surface area contributed by atoms with Gasteiger partial charge in [0.15, 0.2) is 0 Å². The predicted molar refractivity (Wildman–Crippen MR) is 96.5 cm³/mol. The molecule has 1 amide bonds. The number of hydrazone groups is 1. The summed E-state index contributed by atoms with van der Waals surface area (Å²) in [4.78, 5) is 14.2. The maximum atomic E-state index is 12.3. The number of amides is 1. The molecule has 2 rings (SSSR count). The lowest BCUT2D eigenvalue weighted by atomic mass is 10.1. The number of methoxy groups -OCH3 is 1. The highest BCUT2D eigenvalue weighted by atomic mass is 79.9. The van der Waals surface area contributed by atoms with E-state index in [4.69, 9.17) is 4.74 Å². The molecule has 1 N–H and O–H groups in total. The van der Waals surface area contributed by atoms with Crippen molar-refractivity contribution in [1.82, 2.24) is 5.43 Å². The highest BCUT2D eigenvalue weighted by Gasteiger charge is 2.11. The number of halogens is 1. The molecule has 0 heterocycles. The fourth-order valence-electron chi connectivity index (χ4n) is 2.08. The molecule has 0 aliphatic carbocycles. The molecule has 0 atom stereocenters. The average molecular weight is 376 g/mol. The van der Waals surface area contributed by atoms with E-state index in [0.717, 1.165) is 15.7 Å². The summed E-state index contributed by atoms with van der Waals surface area (Å²) >= 11 is 3.40. The van der Waals surface area contributed by atoms with Gasteiger partial charge < -0.3 is 9.64 Å². The number of nitrogens with zero attached hydrogens (tertiary/aromatic N) is 2. The third kappa shape index (κ3) is 4.32. The number of benzene rings is 2. The number of rotatable bonds is 5. The van der Waals surface area contributed by atoms with Gasteiger partial charge in [0.1, 0.15) is 5.75 Å². The van der Waals surface area contributed by atoms with Crippen molar-refractivity contribution < 1.29 is 9.53 Å². The number of carbonyl (C=O) groups excluding carboxylic acids is 1. The molecule has 0 radical (unpaired) electrons. The Morgan fingerprint density at radius 2 is 2.00 bits per heavy atom. The first-order valence-electron chi connectivity index (χ1n) is 6.96. The van der Waals surface area contributed by atoms with Crippen LogP contribution in [0.25, 0.3) is 0 Å². The molecular weight excluding hydrogens is 358 g/mol.